The molecule has 0 N–H and O–H groups in total. The Morgan fingerprint density at radius 3 is 0.956 bits per heavy atom. The number of hydrogen-bond acceptors (Lipinski definition) is 9. The van der Waals surface area contributed by atoms with Crippen LogP contribution in [0.25, 0.3) is 133 Å². The van der Waals surface area contributed by atoms with Crippen LogP contribution in [0.4, 0.5) is 0 Å². The van der Waals surface area contributed by atoms with Crippen LogP contribution in [-0.2, 0) is 76.0 Å². The number of nitrogens with zero attached hydrogens (tertiary/aromatic N) is 12. The molecule has 0 saturated heterocycles. The molecule has 690 valence electrons. The van der Waals surface area contributed by atoms with E-state index in [4.69, 9.17) is 29.5 Å². The van der Waals surface area contributed by atoms with Crippen molar-refractivity contribution >= 4 is 65.4 Å². The first-order chi connectivity index (χ1) is 65.2. The standard InChI is InChI=1S/2C40H36N4O.C39H34N4O.3Pt/c1-26(2)13-14-30-20-28(4)40(29(5)21-30)31-24-42-43(25-31)32-9-8-10-33(22-32)45-34-15-16-36-35-11-6-7-12-37(35)44(38(36)23-34)39-19-27(3)17-18-41-39;1-6-10-27(3)30-20-28(4)40(29(5)21-30)31-24-42-43(25-31)32-11-9-12-33(22-32)45-34-15-16-36-35-13-7-8-14-37(35)44(38(36)23-34)39-19-26(2)17-18-41-39;1-5-6-10-29-20-27(3)39(28(4)21-29)30-24-41-42(25-30)31-11-9-12-32(22-31)44-33-15-16-35-34-13-7-8-14-36(34)43(37(35)23-33)38-19-26(2)17-18-40-38;;;/h6-12,15-21,24-26H,13-14H2,1-5H3;7-9,11-21,24-25,27H,6,10H2,1-5H3;7-9,11-21,24-25H,5-6,10H2,1-4H3;;;/q3*-2;3*+2. The molecule has 12 aromatic carbocycles. The minimum Gasteiger partial charge on any atom is -0.509 e. The smallest absolute Gasteiger partial charge is 0.509 e. The van der Waals surface area contributed by atoms with Gasteiger partial charge in [-0.25, -0.2) is 15.0 Å². The Balaban J connectivity index is 0.000000147. The molecule has 21 rings (SSSR count). The zero-order chi connectivity index (χ0) is 92.4. The van der Waals surface area contributed by atoms with E-state index in [0.29, 0.717) is 46.3 Å². The third kappa shape index (κ3) is 20.7. The molecule has 0 radical (unpaired) electrons. The fourth-order valence-electron chi connectivity index (χ4n) is 18.9. The molecule has 0 saturated carbocycles. The third-order valence-corrected chi connectivity index (χ3v) is 25.2. The van der Waals surface area contributed by atoms with Crippen molar-refractivity contribution in [2.45, 2.75) is 148 Å². The number of ether oxygens (including phenoxy) is 3. The number of unbranched alkanes of at least 4 members (excludes halogenated alkanes) is 1. The average Bonchev–Trinajstić information content (AvgIpc) is 1.60. The van der Waals surface area contributed by atoms with Crippen molar-refractivity contribution in [2.75, 3.05) is 0 Å². The van der Waals surface area contributed by atoms with Gasteiger partial charge in [-0.1, -0.05) is 155 Å². The van der Waals surface area contributed by atoms with Gasteiger partial charge in [0.15, 0.2) is 0 Å². The van der Waals surface area contributed by atoms with Gasteiger partial charge in [0, 0.05) is 105 Å². The fourth-order valence-corrected chi connectivity index (χ4v) is 18.9. The molecule has 1 atom stereocenters. The molecular weight excluding hydrogens is 2230 g/mol. The van der Waals surface area contributed by atoms with E-state index in [1.165, 1.54) is 98.9 Å². The van der Waals surface area contributed by atoms with Crippen molar-refractivity contribution in [3.05, 3.63) is 396 Å². The maximum atomic E-state index is 6.36. The Morgan fingerprint density at radius 2 is 0.635 bits per heavy atom. The molecule has 0 aliphatic rings. The van der Waals surface area contributed by atoms with E-state index in [1.807, 2.05) is 142 Å². The Labute approximate surface area is 845 Å². The van der Waals surface area contributed by atoms with Crippen LogP contribution in [0.1, 0.15) is 139 Å². The molecule has 0 aliphatic heterocycles. The van der Waals surface area contributed by atoms with Crippen LogP contribution in [0, 0.1) is 105 Å². The van der Waals surface area contributed by atoms with Crippen molar-refractivity contribution in [2.24, 2.45) is 5.92 Å². The summed E-state index contributed by atoms with van der Waals surface area (Å²) in [5.74, 6) is 7.43. The zero-order valence-corrected chi connectivity index (χ0v) is 86.2. The van der Waals surface area contributed by atoms with E-state index in [1.54, 1.807) is 0 Å². The Bertz CT molecular complexity index is 7890. The second-order valence-corrected chi connectivity index (χ2v) is 35.9. The van der Waals surface area contributed by atoms with Gasteiger partial charge in [-0.2, -0.15) is 51.7 Å². The quantitative estimate of drug-likeness (QED) is 0.0542. The summed E-state index contributed by atoms with van der Waals surface area (Å²) in [4.78, 5) is 14.0. The first-order valence-corrected chi connectivity index (χ1v) is 46.5. The number of para-hydroxylation sites is 3. The molecule has 0 bridgehead atoms. The predicted octanol–water partition coefficient (Wildman–Crippen LogP) is 29.9. The van der Waals surface area contributed by atoms with E-state index in [2.05, 4.69) is 326 Å². The molecule has 0 fully saturated rings. The van der Waals surface area contributed by atoms with Gasteiger partial charge in [0.1, 0.15) is 17.5 Å². The normalized spacial score (nSPS) is 11.5. The van der Waals surface area contributed by atoms with Gasteiger partial charge in [0.05, 0.1) is 18.6 Å². The molecule has 0 spiro atoms. The Kier molecular flexibility index (Phi) is 30.0. The van der Waals surface area contributed by atoms with Crippen LogP contribution in [0.5, 0.6) is 34.5 Å². The van der Waals surface area contributed by atoms with Crippen molar-refractivity contribution < 1.29 is 77.4 Å². The number of benzene rings is 12. The van der Waals surface area contributed by atoms with Crippen LogP contribution in [0.2, 0.25) is 0 Å². The maximum Gasteiger partial charge on any atom is 2.00 e. The summed E-state index contributed by atoms with van der Waals surface area (Å²) in [5, 5.41) is 20.9. The van der Waals surface area contributed by atoms with Crippen molar-refractivity contribution in [1.82, 2.24) is 58.0 Å². The first-order valence-electron chi connectivity index (χ1n) is 46.5. The van der Waals surface area contributed by atoms with E-state index < -0.39 is 0 Å². The van der Waals surface area contributed by atoms with E-state index in [-0.39, 0.29) is 63.2 Å². The number of aromatic nitrogens is 12. The van der Waals surface area contributed by atoms with E-state index >= 15 is 0 Å². The molecule has 21 aromatic rings. The minimum absolute atomic E-state index is 0. The summed E-state index contributed by atoms with van der Waals surface area (Å²) < 4.78 is 31.1. The van der Waals surface area contributed by atoms with Gasteiger partial charge in [0.25, 0.3) is 0 Å². The van der Waals surface area contributed by atoms with Crippen LogP contribution in [0.3, 0.4) is 0 Å². The third-order valence-electron chi connectivity index (χ3n) is 25.2. The second-order valence-electron chi connectivity index (χ2n) is 35.9. The molecule has 9 aromatic heterocycles. The maximum absolute atomic E-state index is 6.36. The summed E-state index contributed by atoms with van der Waals surface area (Å²) >= 11 is 0. The minimum atomic E-state index is 0. The molecule has 0 amide bonds. The average molecular weight is 2340 g/mol. The van der Waals surface area contributed by atoms with Gasteiger partial charge >= 0.3 is 63.2 Å². The van der Waals surface area contributed by atoms with Crippen LogP contribution < -0.4 is 14.2 Å². The topological polar surface area (TPSA) is 135 Å². The number of pyridine rings is 3. The number of hydrogen-bond donors (Lipinski definition) is 0. The van der Waals surface area contributed by atoms with E-state index in [0.717, 1.165) is 146 Å². The summed E-state index contributed by atoms with van der Waals surface area (Å²) in [6.07, 6.45) is 25.8. The van der Waals surface area contributed by atoms with Crippen molar-refractivity contribution in [1.29, 1.82) is 0 Å². The largest absolute Gasteiger partial charge is 2.00 e. The molecule has 1 unspecified atom stereocenters. The Morgan fingerprint density at radius 1 is 0.314 bits per heavy atom. The van der Waals surface area contributed by atoms with Gasteiger partial charge < -0.3 is 27.9 Å². The predicted molar refractivity (Wildman–Crippen MR) is 544 cm³/mol. The molecular formula is C119H106N12O3Pt3. The summed E-state index contributed by atoms with van der Waals surface area (Å²) in [6.45, 7) is 30.8. The summed E-state index contributed by atoms with van der Waals surface area (Å²) in [6, 6.07) is 102. The van der Waals surface area contributed by atoms with Crippen molar-refractivity contribution in [3.63, 3.8) is 0 Å². The monoisotopic (exact) mass is 2340 g/mol. The van der Waals surface area contributed by atoms with Gasteiger partial charge in [-0.3, -0.25) is 14.0 Å². The summed E-state index contributed by atoms with van der Waals surface area (Å²) in [7, 11) is 0. The first kappa shape index (κ1) is 96.7. The summed E-state index contributed by atoms with van der Waals surface area (Å²) in [5.41, 5.74) is 30.7. The molecule has 15 nitrogen and oxygen atoms in total. The van der Waals surface area contributed by atoms with Crippen LogP contribution in [-0.4, -0.2) is 58.0 Å². The fraction of sp³-hybridized carbons (Fsp3) is 0.193. The van der Waals surface area contributed by atoms with Crippen LogP contribution >= 0.6 is 0 Å². The number of aryl methyl sites for hydroxylation is 11. The Hall–Kier alpha value is -13.4. The second kappa shape index (κ2) is 42.5. The SMILES string of the molecule is CCCC(C)c1cc(C)c(-c2cnn(-c3[c-]c(Oc4[c-]c5c(cc4)c4ccccc4n5-c4cc(C)ccn4)ccc3)c2)c(C)c1.CCCCc1cc(C)c(-c2cnn(-c3[c-]c(Oc4[c-]c5c(cc4)c4ccccc4n5-c4cc(C)ccn4)ccc3)c2)c(C)c1.Cc1ccnc(-n2c3[c-]c(Oc4[c-]c(-n5cc(-c6c(C)cc(CCC(C)C)cc6C)cn5)ccc4)ccc3c3ccccc32)c1.[Pt+2].[Pt+2].[Pt+2]. The van der Waals surface area contributed by atoms with Gasteiger partial charge in [-0.15, -0.1) is 107 Å². The van der Waals surface area contributed by atoms with Gasteiger partial charge in [0.2, 0.25) is 0 Å². The zero-order valence-electron chi connectivity index (χ0n) is 79.4. The van der Waals surface area contributed by atoms with Crippen molar-refractivity contribution in [3.8, 4) is 102 Å². The van der Waals surface area contributed by atoms with Gasteiger partial charge in [-0.05, 0) is 278 Å². The van der Waals surface area contributed by atoms with E-state index in [9.17, 15) is 0 Å². The van der Waals surface area contributed by atoms with Crippen LogP contribution in [0.15, 0.2) is 292 Å². The molecule has 0 aliphatic carbocycles. The number of fused-ring (bicyclic) bond motifs is 9. The molecule has 137 heavy (non-hydrogen) atoms. The molecule has 9 heterocycles. The molecule has 18 heteroatoms. The number of rotatable bonds is 24.